The number of aryl methyl sites for hydroxylation is 1. The average molecular weight is 471 g/mol. The van der Waals surface area contributed by atoms with Crippen molar-refractivity contribution >= 4 is 28.6 Å². The maximum Gasteiger partial charge on any atom is 0.244 e. The predicted molar refractivity (Wildman–Crippen MR) is 131 cm³/mol. The largest absolute Gasteiger partial charge is 0.354 e. The number of carbonyl (C=O) groups is 3. The molecule has 0 saturated heterocycles. The third kappa shape index (κ3) is 7.06. The number of benzene rings is 1. The van der Waals surface area contributed by atoms with Crippen molar-refractivity contribution in [1.82, 2.24) is 20.7 Å². The van der Waals surface area contributed by atoms with Gasteiger partial charge in [0.05, 0.1) is 0 Å². The minimum atomic E-state index is -0.749. The molecule has 34 heavy (non-hydrogen) atoms. The van der Waals surface area contributed by atoms with Gasteiger partial charge in [0.1, 0.15) is 6.04 Å². The fraction of sp³-hybridized carbons (Fsp3) is 0.577. The topological polar surface area (TPSA) is 112 Å². The zero-order valence-electron chi connectivity index (χ0n) is 20.3. The fourth-order valence-corrected chi connectivity index (χ4v) is 4.78. The Labute approximate surface area is 201 Å². The molecule has 186 valence electrons. The van der Waals surface area contributed by atoms with Gasteiger partial charge in [-0.2, -0.15) is 0 Å². The van der Waals surface area contributed by atoms with E-state index in [-0.39, 0.29) is 24.2 Å². The smallest absolute Gasteiger partial charge is 0.244 e. The zero-order chi connectivity index (χ0) is 24.5. The lowest BCUT2D eigenvalue weighted by atomic mass is 9.92. The van der Waals surface area contributed by atoms with Crippen molar-refractivity contribution in [3.63, 3.8) is 0 Å². The number of hydrogen-bond donors (Lipinski definition) is 4. The molecule has 1 aliphatic heterocycles. The van der Waals surface area contributed by atoms with Crippen LogP contribution in [-0.4, -0.2) is 40.1 Å². The number of para-hydroxylation sites is 1. The van der Waals surface area contributed by atoms with Crippen LogP contribution in [0.3, 0.4) is 0 Å². The summed E-state index contributed by atoms with van der Waals surface area (Å²) in [5.74, 6) is -1.62. The van der Waals surface area contributed by atoms with Crippen molar-refractivity contribution in [2.45, 2.75) is 77.8 Å². The summed E-state index contributed by atoms with van der Waals surface area (Å²) in [5.41, 5.74) is 3.76. The number of aromatic nitrogens is 1. The molecule has 4 N–H and O–H groups in total. The quantitative estimate of drug-likeness (QED) is 0.383. The second-order valence-electron chi connectivity index (χ2n) is 9.75. The van der Waals surface area contributed by atoms with E-state index >= 15 is 0 Å². The summed E-state index contributed by atoms with van der Waals surface area (Å²) in [4.78, 5) is 38.1. The standard InChI is InChI=1S/C26H38N4O4/c1-18(2)14-19(16-24(31)29-34)25(32)28-22-15-20-17-30(23-11-7-6-10-21(20)23)13-9-5-3-4-8-12-27-26(22)33/h6-7,10-11,17-19,22,34H,3-5,8-9,12-16H2,1-2H3,(H,27,33)(H,28,32)(H,29,31)/t19-,22+/m1/s1. The maximum atomic E-state index is 13.2. The van der Waals surface area contributed by atoms with Crippen molar-refractivity contribution in [2.24, 2.45) is 11.8 Å². The SMILES string of the molecule is CC(C)C[C@H](CC(=O)NO)C(=O)N[C@H]1Cc2cn(c3ccccc23)CCCCCCCNC1=O. The molecule has 1 aromatic carbocycles. The highest BCUT2D eigenvalue weighted by molar-refractivity contribution is 5.91. The molecule has 2 heterocycles. The molecule has 0 radical (unpaired) electrons. The number of rotatable bonds is 6. The molecule has 2 aromatic rings. The van der Waals surface area contributed by atoms with E-state index in [4.69, 9.17) is 5.21 Å². The molecule has 8 nitrogen and oxygen atoms in total. The normalized spacial score (nSPS) is 18.7. The lowest BCUT2D eigenvalue weighted by Gasteiger charge is -2.23. The minimum Gasteiger partial charge on any atom is -0.354 e. The monoisotopic (exact) mass is 470 g/mol. The first-order chi connectivity index (χ1) is 16.4. The van der Waals surface area contributed by atoms with Crippen molar-refractivity contribution in [3.05, 3.63) is 36.0 Å². The molecule has 0 unspecified atom stereocenters. The van der Waals surface area contributed by atoms with Crippen LogP contribution in [0.5, 0.6) is 0 Å². The first-order valence-electron chi connectivity index (χ1n) is 12.5. The third-order valence-corrected chi connectivity index (χ3v) is 6.49. The number of hydrogen-bond acceptors (Lipinski definition) is 4. The summed E-state index contributed by atoms with van der Waals surface area (Å²) in [6.07, 6.45) is 8.18. The molecule has 0 aliphatic carbocycles. The Morgan fingerprint density at radius 2 is 1.88 bits per heavy atom. The lowest BCUT2D eigenvalue weighted by molar-refractivity contribution is -0.136. The minimum absolute atomic E-state index is 0.131. The number of carbonyl (C=O) groups excluding carboxylic acids is 3. The van der Waals surface area contributed by atoms with Gasteiger partial charge in [0, 0.05) is 48.9 Å². The Balaban J connectivity index is 1.88. The Morgan fingerprint density at radius 1 is 1.15 bits per heavy atom. The molecular weight excluding hydrogens is 432 g/mol. The summed E-state index contributed by atoms with van der Waals surface area (Å²) >= 11 is 0. The summed E-state index contributed by atoms with van der Waals surface area (Å²) in [7, 11) is 0. The molecule has 3 rings (SSSR count). The highest BCUT2D eigenvalue weighted by atomic mass is 16.5. The number of amides is 3. The Kier molecular flexibility index (Phi) is 9.51. The molecule has 1 aromatic heterocycles. The maximum absolute atomic E-state index is 13.2. The van der Waals surface area contributed by atoms with E-state index in [9.17, 15) is 14.4 Å². The second-order valence-corrected chi connectivity index (χ2v) is 9.75. The van der Waals surface area contributed by atoms with E-state index in [0.29, 0.717) is 19.4 Å². The van der Waals surface area contributed by atoms with Crippen LogP contribution in [0.2, 0.25) is 0 Å². The van der Waals surface area contributed by atoms with Crippen molar-refractivity contribution in [1.29, 1.82) is 0 Å². The van der Waals surface area contributed by atoms with Crippen LogP contribution in [0.15, 0.2) is 30.5 Å². The van der Waals surface area contributed by atoms with Crippen LogP contribution in [0.1, 0.15) is 64.4 Å². The van der Waals surface area contributed by atoms with Crippen LogP contribution < -0.4 is 16.1 Å². The number of fused-ring (bicyclic) bond motifs is 5. The highest BCUT2D eigenvalue weighted by Gasteiger charge is 2.29. The first-order valence-corrected chi connectivity index (χ1v) is 12.5. The summed E-state index contributed by atoms with van der Waals surface area (Å²) < 4.78 is 2.25. The van der Waals surface area contributed by atoms with Crippen LogP contribution in [-0.2, 0) is 27.3 Å². The van der Waals surface area contributed by atoms with E-state index in [1.807, 2.05) is 26.0 Å². The van der Waals surface area contributed by atoms with Gasteiger partial charge in [0.25, 0.3) is 0 Å². The van der Waals surface area contributed by atoms with E-state index < -0.39 is 17.9 Å². The van der Waals surface area contributed by atoms with E-state index in [0.717, 1.165) is 55.1 Å². The first kappa shape index (κ1) is 25.7. The Hall–Kier alpha value is -2.87. The summed E-state index contributed by atoms with van der Waals surface area (Å²) in [6.45, 7) is 5.45. The van der Waals surface area contributed by atoms with Gasteiger partial charge in [0.15, 0.2) is 0 Å². The van der Waals surface area contributed by atoms with Crippen LogP contribution in [0.25, 0.3) is 10.9 Å². The molecule has 1 aliphatic rings. The van der Waals surface area contributed by atoms with Gasteiger partial charge in [-0.25, -0.2) is 5.48 Å². The summed E-state index contributed by atoms with van der Waals surface area (Å²) in [6, 6.07) is 7.41. The average Bonchev–Trinajstić information content (AvgIpc) is 3.16. The summed E-state index contributed by atoms with van der Waals surface area (Å²) in [5, 5.41) is 15.9. The van der Waals surface area contributed by atoms with E-state index in [1.165, 1.54) is 0 Å². The van der Waals surface area contributed by atoms with Crippen LogP contribution in [0.4, 0.5) is 0 Å². The Bertz CT molecular complexity index is 984. The predicted octanol–water partition coefficient (Wildman–Crippen LogP) is 3.31. The van der Waals surface area contributed by atoms with Crippen LogP contribution >= 0.6 is 0 Å². The number of nitrogens with one attached hydrogen (secondary N) is 3. The van der Waals surface area contributed by atoms with Gasteiger partial charge in [-0.3, -0.25) is 19.6 Å². The second kappa shape index (κ2) is 12.6. The Morgan fingerprint density at radius 3 is 2.65 bits per heavy atom. The highest BCUT2D eigenvalue weighted by Crippen LogP contribution is 2.24. The molecular formula is C26H38N4O4. The van der Waals surface area contributed by atoms with Crippen LogP contribution in [0, 0.1) is 11.8 Å². The zero-order valence-corrected chi connectivity index (χ0v) is 20.3. The number of nitrogens with zero attached hydrogens (tertiary/aromatic N) is 1. The molecule has 0 spiro atoms. The number of hydroxylamine groups is 1. The fourth-order valence-electron chi connectivity index (χ4n) is 4.78. The molecule has 0 saturated carbocycles. The molecule has 2 atom stereocenters. The molecule has 0 fully saturated rings. The van der Waals surface area contributed by atoms with Gasteiger partial charge in [-0.15, -0.1) is 0 Å². The van der Waals surface area contributed by atoms with E-state index in [2.05, 4.69) is 33.5 Å². The molecule has 2 bridgehead atoms. The van der Waals surface area contributed by atoms with Crippen molar-refractivity contribution in [3.8, 4) is 0 Å². The van der Waals surface area contributed by atoms with Gasteiger partial charge in [-0.1, -0.05) is 51.3 Å². The van der Waals surface area contributed by atoms with Gasteiger partial charge in [-0.05, 0) is 36.8 Å². The van der Waals surface area contributed by atoms with Crippen molar-refractivity contribution in [2.75, 3.05) is 6.54 Å². The van der Waals surface area contributed by atoms with Gasteiger partial charge < -0.3 is 15.2 Å². The van der Waals surface area contributed by atoms with Crippen molar-refractivity contribution < 1.29 is 19.6 Å². The van der Waals surface area contributed by atoms with Gasteiger partial charge in [0.2, 0.25) is 17.7 Å². The molecule has 3 amide bonds. The van der Waals surface area contributed by atoms with E-state index in [1.54, 1.807) is 5.48 Å². The van der Waals surface area contributed by atoms with Gasteiger partial charge >= 0.3 is 0 Å². The molecule has 8 heteroatoms. The lowest BCUT2D eigenvalue weighted by Crippen LogP contribution is -2.50. The third-order valence-electron chi connectivity index (χ3n) is 6.49.